The van der Waals surface area contributed by atoms with Crippen LogP contribution in [0.4, 0.5) is 5.69 Å². The molecule has 1 N–H and O–H groups in total. The summed E-state index contributed by atoms with van der Waals surface area (Å²) in [4.78, 5) is 31.7. The Balaban J connectivity index is 1.81. The minimum atomic E-state index is -1.96. The van der Waals surface area contributed by atoms with Crippen LogP contribution in [0.15, 0.2) is 84.9 Å². The maximum absolute atomic E-state index is 14.4. The van der Waals surface area contributed by atoms with E-state index in [2.05, 4.69) is 0 Å². The lowest BCUT2D eigenvalue weighted by atomic mass is 9.68. The molecule has 0 radical (unpaired) electrons. The van der Waals surface area contributed by atoms with Crippen LogP contribution in [-0.4, -0.2) is 55.2 Å². The van der Waals surface area contributed by atoms with Crippen LogP contribution in [0.2, 0.25) is 0 Å². The van der Waals surface area contributed by atoms with Gasteiger partial charge < -0.3 is 14.7 Å². The molecule has 1 saturated heterocycles. The Bertz CT molecular complexity index is 1330. The molecule has 2 fully saturated rings. The minimum absolute atomic E-state index is 0.169. The molecule has 4 atom stereocenters. The number of carbonyl (C=O) groups is 2. The van der Waals surface area contributed by atoms with Crippen molar-refractivity contribution >= 4 is 17.6 Å². The van der Waals surface area contributed by atoms with Crippen LogP contribution in [-0.2, 0) is 30.7 Å². The number of anilines is 1. The summed E-state index contributed by atoms with van der Waals surface area (Å²) in [6.45, 7) is 0.297. The van der Waals surface area contributed by atoms with Gasteiger partial charge in [-0.05, 0) is 24.2 Å². The molecule has 3 aromatic rings. The van der Waals surface area contributed by atoms with Crippen molar-refractivity contribution in [2.75, 3.05) is 32.6 Å². The first-order chi connectivity index (χ1) is 16.4. The Kier molecular flexibility index (Phi) is 4.06. The van der Waals surface area contributed by atoms with Gasteiger partial charge in [-0.15, -0.1) is 0 Å². The Morgan fingerprint density at radius 2 is 1.44 bits per heavy atom. The fraction of sp³-hybridized carbons (Fsp3) is 0.286. The van der Waals surface area contributed by atoms with Gasteiger partial charge in [-0.1, -0.05) is 78.9 Å². The van der Waals surface area contributed by atoms with E-state index in [1.807, 2.05) is 96.9 Å². The molecule has 2 heterocycles. The number of esters is 1. The van der Waals surface area contributed by atoms with Crippen molar-refractivity contribution in [3.8, 4) is 0 Å². The SMILES string of the molecule is COC(=O)[C@]1(O)[C@]2(c3ccccc3)CN(C)[C@@]3(C(=O)N(C)c4ccccc43)[C@]12c1ccccc1. The molecule has 1 saturated carbocycles. The van der Waals surface area contributed by atoms with Crippen LogP contribution in [0.25, 0.3) is 0 Å². The van der Waals surface area contributed by atoms with Crippen LogP contribution < -0.4 is 4.90 Å². The molecule has 6 rings (SSSR count). The van der Waals surface area contributed by atoms with E-state index in [9.17, 15) is 14.7 Å². The third-order valence-electron chi connectivity index (χ3n) is 8.55. The Hall–Kier alpha value is -3.48. The molecule has 1 amide bonds. The molecule has 2 aliphatic heterocycles. The number of ether oxygens (including phenoxy) is 1. The Labute approximate surface area is 198 Å². The highest BCUT2D eigenvalue weighted by atomic mass is 16.5. The van der Waals surface area contributed by atoms with Crippen molar-refractivity contribution in [1.29, 1.82) is 0 Å². The maximum atomic E-state index is 14.4. The number of amides is 1. The van der Waals surface area contributed by atoms with Crippen molar-refractivity contribution < 1.29 is 19.4 Å². The van der Waals surface area contributed by atoms with Crippen molar-refractivity contribution in [2.24, 2.45) is 0 Å². The molecule has 6 nitrogen and oxygen atoms in total. The summed E-state index contributed by atoms with van der Waals surface area (Å²) < 4.78 is 5.26. The zero-order valence-electron chi connectivity index (χ0n) is 19.4. The number of likely N-dealkylation sites (N-methyl/N-ethyl adjacent to an activating group) is 2. The highest BCUT2D eigenvalue weighted by Crippen LogP contribution is 2.84. The zero-order chi connectivity index (χ0) is 23.9. The highest BCUT2D eigenvalue weighted by molar-refractivity contribution is 6.13. The van der Waals surface area contributed by atoms with Gasteiger partial charge >= 0.3 is 5.97 Å². The smallest absolute Gasteiger partial charge is 0.339 e. The third kappa shape index (κ3) is 1.83. The first kappa shape index (κ1) is 21.1. The second-order valence-corrected chi connectivity index (χ2v) is 9.54. The Morgan fingerprint density at radius 1 is 0.882 bits per heavy atom. The minimum Gasteiger partial charge on any atom is -0.467 e. The predicted octanol–water partition coefficient (Wildman–Crippen LogP) is 2.60. The van der Waals surface area contributed by atoms with Crippen LogP contribution in [0.1, 0.15) is 16.7 Å². The standard InChI is InChI=1S/C28H26N2O4/c1-29-18-25(19-12-6-4-7-13-19)27(20-14-8-5-9-15-20,28(25,33)24(32)34-3)26(29)21-16-10-11-17-22(21)30(2)23(26)31/h4-17,33H,18H2,1-3H3/t25-,26-,27+,28-/m0/s1. The number of piperidine rings is 1. The average Bonchev–Trinajstić information content (AvgIpc) is 3.12. The van der Waals surface area contributed by atoms with Crippen molar-refractivity contribution in [2.45, 2.75) is 22.0 Å². The van der Waals surface area contributed by atoms with E-state index < -0.39 is 27.9 Å². The number of methoxy groups -OCH3 is 1. The molecule has 3 aromatic carbocycles. The number of aliphatic hydroxyl groups is 1. The summed E-state index contributed by atoms with van der Waals surface area (Å²) >= 11 is 0. The van der Waals surface area contributed by atoms with Gasteiger partial charge in [0.15, 0.2) is 5.60 Å². The Morgan fingerprint density at radius 3 is 2.06 bits per heavy atom. The molecule has 6 heteroatoms. The van der Waals surface area contributed by atoms with Gasteiger partial charge in [0, 0.05) is 24.8 Å². The van der Waals surface area contributed by atoms with Crippen molar-refractivity contribution in [3.05, 3.63) is 102 Å². The number of hydrogen-bond donors (Lipinski definition) is 1. The fourth-order valence-corrected chi connectivity index (χ4v) is 7.51. The topological polar surface area (TPSA) is 70.1 Å². The summed E-state index contributed by atoms with van der Waals surface area (Å²) in [6.07, 6.45) is 0. The summed E-state index contributed by atoms with van der Waals surface area (Å²) in [5.74, 6) is -0.898. The molecule has 3 aliphatic rings. The summed E-state index contributed by atoms with van der Waals surface area (Å²) in [5.41, 5.74) is -2.58. The summed E-state index contributed by atoms with van der Waals surface area (Å²) in [5, 5.41) is 12.6. The predicted molar refractivity (Wildman–Crippen MR) is 127 cm³/mol. The van der Waals surface area contributed by atoms with E-state index in [0.29, 0.717) is 6.54 Å². The van der Waals surface area contributed by atoms with E-state index in [4.69, 9.17) is 4.74 Å². The van der Waals surface area contributed by atoms with Gasteiger partial charge in [0.2, 0.25) is 0 Å². The number of fused-ring (bicyclic) bond motifs is 4. The number of likely N-dealkylation sites (tertiary alicyclic amines) is 1. The largest absolute Gasteiger partial charge is 0.467 e. The molecular weight excluding hydrogens is 428 g/mol. The van der Waals surface area contributed by atoms with E-state index in [1.165, 1.54) is 7.11 Å². The van der Waals surface area contributed by atoms with Gasteiger partial charge in [-0.2, -0.15) is 0 Å². The highest BCUT2D eigenvalue weighted by Gasteiger charge is 3.02. The molecular formula is C28H26N2O4. The van der Waals surface area contributed by atoms with Gasteiger partial charge in [0.25, 0.3) is 5.91 Å². The van der Waals surface area contributed by atoms with Gasteiger partial charge in [-0.25, -0.2) is 4.79 Å². The number of carbonyl (C=O) groups excluding carboxylic acids is 2. The molecule has 172 valence electrons. The van der Waals surface area contributed by atoms with Gasteiger partial charge in [-0.3, -0.25) is 9.69 Å². The molecule has 0 bridgehead atoms. The number of hydrogen-bond acceptors (Lipinski definition) is 5. The summed E-state index contributed by atoms with van der Waals surface area (Å²) in [6, 6.07) is 26.7. The number of rotatable bonds is 3. The lowest BCUT2D eigenvalue weighted by Gasteiger charge is -2.42. The van der Waals surface area contributed by atoms with Crippen LogP contribution in [0.5, 0.6) is 0 Å². The van der Waals surface area contributed by atoms with Gasteiger partial charge in [0.05, 0.1) is 17.9 Å². The van der Waals surface area contributed by atoms with Crippen molar-refractivity contribution in [3.63, 3.8) is 0 Å². The van der Waals surface area contributed by atoms with E-state index in [1.54, 1.807) is 11.9 Å². The maximum Gasteiger partial charge on any atom is 0.339 e. The number of benzene rings is 3. The lowest BCUT2D eigenvalue weighted by molar-refractivity contribution is -0.160. The summed E-state index contributed by atoms with van der Waals surface area (Å²) in [7, 11) is 4.95. The first-order valence-electron chi connectivity index (χ1n) is 11.4. The normalized spacial score (nSPS) is 33.6. The molecule has 34 heavy (non-hydrogen) atoms. The molecule has 0 unspecified atom stereocenters. The third-order valence-corrected chi connectivity index (χ3v) is 8.55. The second kappa shape index (κ2) is 6.56. The van der Waals surface area contributed by atoms with E-state index in [0.717, 1.165) is 22.4 Å². The lowest BCUT2D eigenvalue weighted by Crippen LogP contribution is -2.60. The molecule has 1 spiro atoms. The van der Waals surface area contributed by atoms with Crippen molar-refractivity contribution in [1.82, 2.24) is 4.90 Å². The fourth-order valence-electron chi connectivity index (χ4n) is 7.51. The number of para-hydroxylation sites is 1. The van der Waals surface area contributed by atoms with Crippen LogP contribution in [0.3, 0.4) is 0 Å². The van der Waals surface area contributed by atoms with E-state index in [-0.39, 0.29) is 5.91 Å². The van der Waals surface area contributed by atoms with Crippen LogP contribution >= 0.6 is 0 Å². The monoisotopic (exact) mass is 454 g/mol. The number of nitrogens with zero attached hydrogens (tertiary/aromatic N) is 2. The quantitative estimate of drug-likeness (QED) is 0.616. The van der Waals surface area contributed by atoms with Crippen LogP contribution in [0, 0.1) is 0 Å². The second-order valence-electron chi connectivity index (χ2n) is 9.54. The first-order valence-corrected chi connectivity index (χ1v) is 11.4. The molecule has 1 aliphatic carbocycles. The zero-order valence-corrected chi connectivity index (χ0v) is 19.4. The van der Waals surface area contributed by atoms with Gasteiger partial charge in [0.1, 0.15) is 5.54 Å². The van der Waals surface area contributed by atoms with E-state index >= 15 is 0 Å². The molecule has 0 aromatic heterocycles. The average molecular weight is 455 g/mol.